The highest BCUT2D eigenvalue weighted by atomic mass is 16.5. The van der Waals surface area contributed by atoms with Crippen molar-refractivity contribution in [2.45, 2.75) is 12.8 Å². The SMILES string of the molecule is COc1ccc(-c2cn(-c3ccccc3)nc2C(=O)Nc2ccc(N3CCCC3)cn2)cc1OC. The number of benzene rings is 2. The van der Waals surface area contributed by atoms with E-state index >= 15 is 0 Å². The number of carbonyl (C=O) groups excluding carboxylic acids is 1. The summed E-state index contributed by atoms with van der Waals surface area (Å²) in [4.78, 5) is 20.1. The molecule has 8 heteroatoms. The van der Waals surface area contributed by atoms with E-state index in [9.17, 15) is 4.79 Å². The molecular formula is C27H27N5O3. The van der Waals surface area contributed by atoms with E-state index in [0.717, 1.165) is 30.0 Å². The molecule has 1 fully saturated rings. The Hall–Kier alpha value is -4.33. The highest BCUT2D eigenvalue weighted by Gasteiger charge is 2.21. The van der Waals surface area contributed by atoms with E-state index in [-0.39, 0.29) is 11.6 Å². The fourth-order valence-electron chi connectivity index (χ4n) is 4.27. The van der Waals surface area contributed by atoms with Gasteiger partial charge in [-0.2, -0.15) is 5.10 Å². The summed E-state index contributed by atoms with van der Waals surface area (Å²) in [6, 6.07) is 19.0. The second kappa shape index (κ2) is 9.89. The van der Waals surface area contributed by atoms with Crippen LogP contribution in [0.25, 0.3) is 16.8 Å². The van der Waals surface area contributed by atoms with Gasteiger partial charge in [-0.1, -0.05) is 24.3 Å². The van der Waals surface area contributed by atoms with E-state index < -0.39 is 0 Å². The summed E-state index contributed by atoms with van der Waals surface area (Å²) in [7, 11) is 3.17. The average Bonchev–Trinajstić information content (AvgIpc) is 3.60. The molecule has 0 radical (unpaired) electrons. The molecule has 0 bridgehead atoms. The molecule has 2 aromatic carbocycles. The van der Waals surface area contributed by atoms with Crippen molar-refractivity contribution in [3.63, 3.8) is 0 Å². The minimum absolute atomic E-state index is 0.284. The van der Waals surface area contributed by atoms with Crippen LogP contribution in [-0.4, -0.2) is 48.0 Å². The molecule has 1 aliphatic rings. The monoisotopic (exact) mass is 469 g/mol. The molecule has 0 saturated carbocycles. The van der Waals surface area contributed by atoms with Gasteiger partial charge in [0.1, 0.15) is 5.82 Å². The third kappa shape index (κ3) is 4.68. The molecular weight excluding hydrogens is 442 g/mol. The number of aromatic nitrogens is 3. The lowest BCUT2D eigenvalue weighted by Crippen LogP contribution is -2.18. The van der Waals surface area contributed by atoms with Crippen LogP contribution in [0.1, 0.15) is 23.3 Å². The van der Waals surface area contributed by atoms with Crippen LogP contribution in [0.5, 0.6) is 11.5 Å². The molecule has 2 aromatic heterocycles. The number of rotatable bonds is 7. The van der Waals surface area contributed by atoms with Crippen LogP contribution >= 0.6 is 0 Å². The summed E-state index contributed by atoms with van der Waals surface area (Å²) < 4.78 is 12.5. The first-order valence-corrected chi connectivity index (χ1v) is 11.6. The number of hydrogen-bond donors (Lipinski definition) is 1. The maximum Gasteiger partial charge on any atom is 0.277 e. The Morgan fingerprint density at radius 3 is 2.37 bits per heavy atom. The van der Waals surface area contributed by atoms with Gasteiger partial charge in [-0.15, -0.1) is 0 Å². The second-order valence-corrected chi connectivity index (χ2v) is 8.29. The molecule has 1 amide bonds. The van der Waals surface area contributed by atoms with Gasteiger partial charge in [0.05, 0.1) is 31.8 Å². The summed E-state index contributed by atoms with van der Waals surface area (Å²) >= 11 is 0. The predicted molar refractivity (Wildman–Crippen MR) is 136 cm³/mol. The Labute approximate surface area is 204 Å². The van der Waals surface area contributed by atoms with Crippen LogP contribution in [0.15, 0.2) is 73.1 Å². The van der Waals surface area contributed by atoms with Crippen LogP contribution in [0.4, 0.5) is 11.5 Å². The smallest absolute Gasteiger partial charge is 0.277 e. The van der Waals surface area contributed by atoms with Gasteiger partial charge in [-0.25, -0.2) is 9.67 Å². The van der Waals surface area contributed by atoms with Crippen molar-refractivity contribution in [1.29, 1.82) is 0 Å². The van der Waals surface area contributed by atoms with Crippen LogP contribution in [0, 0.1) is 0 Å². The number of ether oxygens (including phenoxy) is 2. The zero-order chi connectivity index (χ0) is 24.2. The topological polar surface area (TPSA) is 81.5 Å². The molecule has 1 aliphatic heterocycles. The molecule has 4 aromatic rings. The fourth-order valence-corrected chi connectivity index (χ4v) is 4.27. The first kappa shape index (κ1) is 22.5. The third-order valence-corrected chi connectivity index (χ3v) is 6.11. The van der Waals surface area contributed by atoms with Crippen molar-refractivity contribution in [1.82, 2.24) is 14.8 Å². The zero-order valence-electron chi connectivity index (χ0n) is 19.8. The van der Waals surface area contributed by atoms with Crippen LogP contribution in [-0.2, 0) is 0 Å². The van der Waals surface area contributed by atoms with Crippen molar-refractivity contribution < 1.29 is 14.3 Å². The van der Waals surface area contributed by atoms with E-state index in [1.807, 2.05) is 66.9 Å². The standard InChI is InChI=1S/C27H27N5O3/c1-34-23-12-10-19(16-24(23)35-2)22-18-32(20-8-4-3-5-9-20)30-26(22)27(33)29-25-13-11-21(17-28-25)31-14-6-7-15-31/h3-5,8-13,16-18H,6-7,14-15H2,1-2H3,(H,28,29,33). The van der Waals surface area contributed by atoms with Crippen molar-refractivity contribution in [2.75, 3.05) is 37.5 Å². The van der Waals surface area contributed by atoms with Gasteiger partial charge in [0.25, 0.3) is 5.91 Å². The van der Waals surface area contributed by atoms with Gasteiger partial charge in [-0.05, 0) is 54.8 Å². The predicted octanol–water partition coefficient (Wildman–Crippen LogP) is 4.80. The number of hydrogen-bond acceptors (Lipinski definition) is 6. The molecule has 1 saturated heterocycles. The van der Waals surface area contributed by atoms with Gasteiger partial charge in [0.2, 0.25) is 0 Å². The molecule has 178 valence electrons. The van der Waals surface area contributed by atoms with Gasteiger partial charge < -0.3 is 19.7 Å². The van der Waals surface area contributed by atoms with E-state index in [4.69, 9.17) is 9.47 Å². The van der Waals surface area contributed by atoms with Gasteiger partial charge in [-0.3, -0.25) is 4.79 Å². The quantitative estimate of drug-likeness (QED) is 0.419. The highest BCUT2D eigenvalue weighted by Crippen LogP contribution is 2.34. The molecule has 0 atom stereocenters. The Balaban J connectivity index is 1.48. The maximum absolute atomic E-state index is 13.4. The highest BCUT2D eigenvalue weighted by molar-refractivity contribution is 6.07. The van der Waals surface area contributed by atoms with Crippen LogP contribution < -0.4 is 19.7 Å². The first-order chi connectivity index (χ1) is 17.2. The molecule has 8 nitrogen and oxygen atoms in total. The normalized spacial score (nSPS) is 13.0. The maximum atomic E-state index is 13.4. The van der Waals surface area contributed by atoms with Crippen molar-refractivity contribution in [2.24, 2.45) is 0 Å². The number of pyridine rings is 1. The fraction of sp³-hybridized carbons (Fsp3) is 0.222. The van der Waals surface area contributed by atoms with Crippen LogP contribution in [0.2, 0.25) is 0 Å². The minimum atomic E-state index is -0.342. The number of carbonyl (C=O) groups is 1. The molecule has 3 heterocycles. The molecule has 5 rings (SSSR count). The van der Waals surface area contributed by atoms with E-state index in [0.29, 0.717) is 22.9 Å². The van der Waals surface area contributed by atoms with Crippen LogP contribution in [0.3, 0.4) is 0 Å². The number of para-hydroxylation sites is 1. The summed E-state index contributed by atoms with van der Waals surface area (Å²) in [5.74, 6) is 1.32. The Bertz CT molecular complexity index is 1310. The van der Waals surface area contributed by atoms with Gasteiger partial charge >= 0.3 is 0 Å². The summed E-state index contributed by atoms with van der Waals surface area (Å²) in [5, 5.41) is 7.53. The summed E-state index contributed by atoms with van der Waals surface area (Å²) in [6.07, 6.45) is 6.04. The minimum Gasteiger partial charge on any atom is -0.493 e. The average molecular weight is 470 g/mol. The van der Waals surface area contributed by atoms with E-state index in [2.05, 4.69) is 20.3 Å². The van der Waals surface area contributed by atoms with Gasteiger partial charge in [0, 0.05) is 24.8 Å². The lowest BCUT2D eigenvalue weighted by molar-refractivity contribution is 0.102. The van der Waals surface area contributed by atoms with E-state index in [1.165, 1.54) is 12.8 Å². The zero-order valence-corrected chi connectivity index (χ0v) is 19.8. The molecule has 1 N–H and O–H groups in total. The van der Waals surface area contributed by atoms with Crippen molar-refractivity contribution in [3.8, 4) is 28.3 Å². The number of nitrogens with one attached hydrogen (secondary N) is 1. The lowest BCUT2D eigenvalue weighted by atomic mass is 10.1. The molecule has 0 unspecified atom stereocenters. The second-order valence-electron chi connectivity index (χ2n) is 8.29. The van der Waals surface area contributed by atoms with Crippen molar-refractivity contribution in [3.05, 3.63) is 78.8 Å². The molecule has 35 heavy (non-hydrogen) atoms. The summed E-state index contributed by atoms with van der Waals surface area (Å²) in [5.41, 5.74) is 3.65. The van der Waals surface area contributed by atoms with Gasteiger partial charge in [0.15, 0.2) is 17.2 Å². The number of nitrogens with zero attached hydrogens (tertiary/aromatic N) is 4. The third-order valence-electron chi connectivity index (χ3n) is 6.11. The first-order valence-electron chi connectivity index (χ1n) is 11.6. The van der Waals surface area contributed by atoms with E-state index in [1.54, 1.807) is 25.1 Å². The molecule has 0 spiro atoms. The lowest BCUT2D eigenvalue weighted by Gasteiger charge is -2.17. The van der Waals surface area contributed by atoms with Crippen molar-refractivity contribution >= 4 is 17.4 Å². The Morgan fingerprint density at radius 1 is 0.914 bits per heavy atom. The Kier molecular flexibility index (Phi) is 6.34. The largest absolute Gasteiger partial charge is 0.493 e. The number of anilines is 2. The number of amides is 1. The summed E-state index contributed by atoms with van der Waals surface area (Å²) in [6.45, 7) is 2.08. The number of methoxy groups -OCH3 is 2. The Morgan fingerprint density at radius 2 is 1.69 bits per heavy atom. The molecule has 0 aliphatic carbocycles.